The van der Waals surface area contributed by atoms with Crippen molar-refractivity contribution in [1.82, 2.24) is 10.2 Å². The zero-order valence-corrected chi connectivity index (χ0v) is 13.9. The summed E-state index contributed by atoms with van der Waals surface area (Å²) in [7, 11) is -0.747. The van der Waals surface area contributed by atoms with Gasteiger partial charge in [0, 0.05) is 48.5 Å². The van der Waals surface area contributed by atoms with Gasteiger partial charge in [-0.15, -0.1) is 0 Å². The molecule has 0 aromatic heterocycles. The minimum absolute atomic E-state index is 0.215. The summed E-state index contributed by atoms with van der Waals surface area (Å²) < 4.78 is 16.4. The van der Waals surface area contributed by atoms with Crippen LogP contribution >= 0.6 is 0 Å². The van der Waals surface area contributed by atoms with Crippen LogP contribution in [0.3, 0.4) is 0 Å². The van der Waals surface area contributed by atoms with E-state index in [1.807, 2.05) is 20.8 Å². The van der Waals surface area contributed by atoms with Gasteiger partial charge in [0.25, 0.3) is 0 Å². The Morgan fingerprint density at radius 3 is 2.65 bits per heavy atom. The average molecular weight is 304 g/mol. The maximum Gasteiger partial charge on any atom is 0.410 e. The zero-order chi connectivity index (χ0) is 15.2. The molecule has 0 saturated carbocycles. The van der Waals surface area contributed by atoms with Gasteiger partial charge in [-0.1, -0.05) is 0 Å². The van der Waals surface area contributed by atoms with Crippen molar-refractivity contribution in [1.29, 1.82) is 0 Å². The van der Waals surface area contributed by atoms with Crippen molar-refractivity contribution in [2.75, 3.05) is 31.6 Å². The van der Waals surface area contributed by atoms with Crippen LogP contribution in [0.15, 0.2) is 0 Å². The van der Waals surface area contributed by atoms with Crippen molar-refractivity contribution >= 4 is 16.9 Å². The molecule has 1 fully saturated rings. The maximum absolute atomic E-state index is 12.0. The third kappa shape index (κ3) is 7.24. The molecule has 1 aliphatic rings. The lowest BCUT2D eigenvalue weighted by Crippen LogP contribution is -2.38. The Balaban J connectivity index is 2.35. The summed E-state index contributed by atoms with van der Waals surface area (Å²) in [5, 5.41) is 3.43. The molecule has 0 aromatic carbocycles. The topological polar surface area (TPSA) is 58.6 Å². The third-order valence-electron chi connectivity index (χ3n) is 3.20. The minimum atomic E-state index is -0.747. The molecule has 2 atom stereocenters. The first-order valence-electron chi connectivity index (χ1n) is 7.29. The first-order chi connectivity index (χ1) is 9.28. The summed E-state index contributed by atoms with van der Waals surface area (Å²) in [5.41, 5.74) is -0.438. The number of likely N-dealkylation sites (tertiary alicyclic amines) is 1. The predicted molar refractivity (Wildman–Crippen MR) is 82.4 cm³/mol. The van der Waals surface area contributed by atoms with Gasteiger partial charge in [0.05, 0.1) is 0 Å². The van der Waals surface area contributed by atoms with E-state index in [1.165, 1.54) is 0 Å². The van der Waals surface area contributed by atoms with Gasteiger partial charge in [0.2, 0.25) is 0 Å². The van der Waals surface area contributed by atoms with Gasteiger partial charge < -0.3 is 15.0 Å². The molecule has 0 aromatic rings. The van der Waals surface area contributed by atoms with Crippen LogP contribution in [-0.4, -0.2) is 58.5 Å². The molecule has 0 aliphatic carbocycles. The fourth-order valence-electron chi connectivity index (χ4n) is 2.22. The van der Waals surface area contributed by atoms with E-state index in [0.717, 1.165) is 38.9 Å². The van der Waals surface area contributed by atoms with Crippen LogP contribution in [0.2, 0.25) is 0 Å². The second kappa shape index (κ2) is 7.98. The minimum Gasteiger partial charge on any atom is -0.444 e. The second-order valence-electron chi connectivity index (χ2n) is 6.33. The Morgan fingerprint density at radius 1 is 1.35 bits per heavy atom. The van der Waals surface area contributed by atoms with Crippen molar-refractivity contribution < 1.29 is 13.7 Å². The summed E-state index contributed by atoms with van der Waals surface area (Å²) in [6.45, 7) is 7.92. The highest BCUT2D eigenvalue weighted by Gasteiger charge is 2.24. The average Bonchev–Trinajstić information content (AvgIpc) is 2.52. The Kier molecular flexibility index (Phi) is 6.95. The Morgan fingerprint density at radius 2 is 2.05 bits per heavy atom. The van der Waals surface area contributed by atoms with Gasteiger partial charge in [-0.25, -0.2) is 4.79 Å². The molecule has 1 rings (SSSR count). The lowest BCUT2D eigenvalue weighted by Gasteiger charge is -2.26. The number of nitrogens with zero attached hydrogens (tertiary/aromatic N) is 1. The van der Waals surface area contributed by atoms with E-state index in [4.69, 9.17) is 4.74 Å². The molecule has 1 amide bonds. The van der Waals surface area contributed by atoms with Crippen molar-refractivity contribution in [3.05, 3.63) is 0 Å². The molecule has 1 aliphatic heterocycles. The number of nitrogens with one attached hydrogen (secondary N) is 1. The molecular formula is C14H28N2O3S. The maximum atomic E-state index is 12.0. The fraction of sp³-hybridized carbons (Fsp3) is 0.929. The highest BCUT2D eigenvalue weighted by atomic mass is 32.2. The number of rotatable bonds is 4. The molecule has 1 saturated heterocycles. The first-order valence-corrected chi connectivity index (χ1v) is 9.02. The van der Waals surface area contributed by atoms with Crippen LogP contribution < -0.4 is 5.32 Å². The van der Waals surface area contributed by atoms with Crippen LogP contribution in [0.1, 0.15) is 40.0 Å². The second-order valence-corrected chi connectivity index (χ2v) is 7.88. The van der Waals surface area contributed by atoms with Crippen LogP contribution in [0.5, 0.6) is 0 Å². The van der Waals surface area contributed by atoms with Gasteiger partial charge in [-0.3, -0.25) is 4.21 Å². The SMILES string of the molecule is CS(=O)CCNC1CCCN(C(=O)OC(C)(C)C)CC1. The Hall–Kier alpha value is -0.620. The number of carbonyl (C=O) groups excluding carboxylic acids is 1. The Bertz CT molecular complexity index is 342. The molecule has 20 heavy (non-hydrogen) atoms. The molecule has 1 heterocycles. The zero-order valence-electron chi connectivity index (χ0n) is 13.1. The quantitative estimate of drug-likeness (QED) is 0.859. The molecule has 5 nitrogen and oxygen atoms in total. The van der Waals surface area contributed by atoms with E-state index in [0.29, 0.717) is 11.8 Å². The molecule has 0 radical (unpaired) electrons. The van der Waals surface area contributed by atoms with Crippen LogP contribution in [0.4, 0.5) is 4.79 Å². The van der Waals surface area contributed by atoms with Gasteiger partial charge in [-0.2, -0.15) is 0 Å². The Labute approximate surface area is 124 Å². The van der Waals surface area contributed by atoms with Crippen LogP contribution in [-0.2, 0) is 15.5 Å². The van der Waals surface area contributed by atoms with Gasteiger partial charge >= 0.3 is 6.09 Å². The lowest BCUT2D eigenvalue weighted by atomic mass is 10.1. The molecule has 0 bridgehead atoms. The summed E-state index contributed by atoms with van der Waals surface area (Å²) >= 11 is 0. The highest BCUT2D eigenvalue weighted by Crippen LogP contribution is 2.15. The number of hydrogen-bond acceptors (Lipinski definition) is 4. The molecule has 6 heteroatoms. The predicted octanol–water partition coefficient (Wildman–Crippen LogP) is 1.74. The van der Waals surface area contributed by atoms with E-state index in [-0.39, 0.29) is 6.09 Å². The van der Waals surface area contributed by atoms with Crippen molar-refractivity contribution in [2.45, 2.75) is 51.7 Å². The van der Waals surface area contributed by atoms with E-state index >= 15 is 0 Å². The molecule has 1 N–H and O–H groups in total. The van der Waals surface area contributed by atoms with Gasteiger partial charge in [0.1, 0.15) is 5.60 Å². The van der Waals surface area contributed by atoms with Crippen molar-refractivity contribution in [2.24, 2.45) is 0 Å². The summed E-state index contributed by atoms with van der Waals surface area (Å²) in [6, 6.07) is 0.408. The van der Waals surface area contributed by atoms with Crippen LogP contribution in [0.25, 0.3) is 0 Å². The monoisotopic (exact) mass is 304 g/mol. The van der Waals surface area contributed by atoms with E-state index in [1.54, 1.807) is 11.2 Å². The number of amides is 1. The first kappa shape index (κ1) is 17.4. The highest BCUT2D eigenvalue weighted by molar-refractivity contribution is 7.84. The smallest absolute Gasteiger partial charge is 0.410 e. The van der Waals surface area contributed by atoms with Gasteiger partial charge in [-0.05, 0) is 40.0 Å². The molecular weight excluding hydrogens is 276 g/mol. The normalized spacial score (nSPS) is 22.2. The third-order valence-corrected chi connectivity index (χ3v) is 3.98. The van der Waals surface area contributed by atoms with Crippen molar-refractivity contribution in [3.8, 4) is 0 Å². The number of carbonyl (C=O) groups is 1. The summed E-state index contributed by atoms with van der Waals surface area (Å²) in [4.78, 5) is 13.8. The summed E-state index contributed by atoms with van der Waals surface area (Å²) in [5.74, 6) is 0.687. The van der Waals surface area contributed by atoms with Crippen molar-refractivity contribution in [3.63, 3.8) is 0 Å². The largest absolute Gasteiger partial charge is 0.444 e. The summed E-state index contributed by atoms with van der Waals surface area (Å²) in [6.07, 6.45) is 4.46. The lowest BCUT2D eigenvalue weighted by molar-refractivity contribution is 0.0256. The number of hydrogen-bond donors (Lipinski definition) is 1. The number of ether oxygens (including phenoxy) is 1. The molecule has 2 unspecified atom stereocenters. The van der Waals surface area contributed by atoms with Crippen LogP contribution in [0, 0.1) is 0 Å². The van der Waals surface area contributed by atoms with E-state index in [2.05, 4.69) is 5.32 Å². The van der Waals surface area contributed by atoms with Gasteiger partial charge in [0.15, 0.2) is 0 Å². The fourth-order valence-corrected chi connectivity index (χ4v) is 2.62. The van der Waals surface area contributed by atoms with E-state index in [9.17, 15) is 9.00 Å². The standard InChI is InChI=1S/C14H28N2O3S/c1-14(2,3)19-13(17)16-9-5-6-12(7-10-16)15-8-11-20(4)18/h12,15H,5-11H2,1-4H3. The van der Waals surface area contributed by atoms with E-state index < -0.39 is 16.4 Å². The molecule has 0 spiro atoms. The molecule has 118 valence electrons.